The zero-order chi connectivity index (χ0) is 46.4. The minimum Gasteiger partial charge on any atom is -0.508 e. The van der Waals surface area contributed by atoms with Crippen molar-refractivity contribution >= 4 is 35.2 Å². The van der Waals surface area contributed by atoms with Crippen molar-refractivity contribution in [3.05, 3.63) is 59.7 Å². The molecule has 9 atom stereocenters. The second-order valence-electron chi connectivity index (χ2n) is 17.9. The SMILES string of the molecule is CC[C@H](C)[C@@H]([C@@H](CC(=O)N1CCC[C@H]1[C@H](OC)[C@@H](C)C(=O)N[C@@H](Cc1ccc(O)cc1)C(=O)NCc1ccc(N)cc1)OC)N(C)C(=O)[C@@H](NC(=O)[C@H](C(C)C)N(C)C)C(C)C. The van der Waals surface area contributed by atoms with Crippen molar-refractivity contribution < 1.29 is 38.6 Å². The molecule has 0 aromatic heterocycles. The van der Waals surface area contributed by atoms with Crippen LogP contribution >= 0.6 is 0 Å². The molecular formula is C47H75N7O8. The van der Waals surface area contributed by atoms with Crippen LogP contribution in [0.15, 0.2) is 48.5 Å². The molecule has 0 spiro atoms. The average molecular weight is 866 g/mol. The third-order valence-electron chi connectivity index (χ3n) is 12.4. The second-order valence-corrected chi connectivity index (χ2v) is 17.9. The first kappa shape index (κ1) is 51.6. The Hall–Kier alpha value is -4.73. The summed E-state index contributed by atoms with van der Waals surface area (Å²) in [6, 6.07) is 10.5. The number of nitrogens with one attached hydrogen (secondary N) is 3. The van der Waals surface area contributed by atoms with E-state index in [2.05, 4.69) is 16.0 Å². The van der Waals surface area contributed by atoms with E-state index in [0.717, 1.165) is 11.1 Å². The number of nitrogen functional groups attached to an aromatic ring is 1. The highest BCUT2D eigenvalue weighted by atomic mass is 16.5. The van der Waals surface area contributed by atoms with Crippen LogP contribution < -0.4 is 21.7 Å². The zero-order valence-electron chi connectivity index (χ0n) is 39.1. The highest BCUT2D eigenvalue weighted by Gasteiger charge is 2.43. The Kier molecular flexibility index (Phi) is 20.2. The fraction of sp³-hybridized carbons (Fsp3) is 0.638. The molecule has 0 aliphatic carbocycles. The van der Waals surface area contributed by atoms with E-state index in [1.807, 2.05) is 72.7 Å². The topological polar surface area (TPSA) is 196 Å². The van der Waals surface area contributed by atoms with Gasteiger partial charge in [0.2, 0.25) is 29.5 Å². The van der Waals surface area contributed by atoms with Crippen LogP contribution in [0.4, 0.5) is 5.69 Å². The van der Waals surface area contributed by atoms with Gasteiger partial charge in [-0.15, -0.1) is 0 Å². The van der Waals surface area contributed by atoms with Gasteiger partial charge in [-0.1, -0.05) is 79.2 Å². The molecule has 1 aliphatic heterocycles. The normalized spacial score (nSPS) is 18.0. The van der Waals surface area contributed by atoms with E-state index in [4.69, 9.17) is 15.2 Å². The highest BCUT2D eigenvalue weighted by molar-refractivity contribution is 5.91. The maximum absolute atomic E-state index is 14.4. The molecular weight excluding hydrogens is 791 g/mol. The summed E-state index contributed by atoms with van der Waals surface area (Å²) in [6.45, 7) is 14.2. The lowest BCUT2D eigenvalue weighted by molar-refractivity contribution is -0.148. The fourth-order valence-electron chi connectivity index (χ4n) is 8.74. The summed E-state index contributed by atoms with van der Waals surface area (Å²) in [5.74, 6) is -2.36. The summed E-state index contributed by atoms with van der Waals surface area (Å²) in [7, 11) is 8.48. The van der Waals surface area contributed by atoms with E-state index in [1.54, 1.807) is 55.1 Å². The average Bonchev–Trinajstić information content (AvgIpc) is 3.71. The molecule has 1 fully saturated rings. The van der Waals surface area contributed by atoms with E-state index in [1.165, 1.54) is 19.2 Å². The van der Waals surface area contributed by atoms with Crippen LogP contribution in [-0.2, 0) is 46.4 Å². The minimum absolute atomic E-state index is 0.0196. The predicted octanol–water partition coefficient (Wildman–Crippen LogP) is 3.97. The zero-order valence-corrected chi connectivity index (χ0v) is 39.1. The Bertz CT molecular complexity index is 1750. The number of carbonyl (C=O) groups is 5. The summed E-state index contributed by atoms with van der Waals surface area (Å²) in [5, 5.41) is 18.7. The van der Waals surface area contributed by atoms with Crippen molar-refractivity contribution in [1.29, 1.82) is 0 Å². The Morgan fingerprint density at radius 2 is 1.45 bits per heavy atom. The van der Waals surface area contributed by atoms with Gasteiger partial charge in [-0.2, -0.15) is 0 Å². The lowest BCUT2D eigenvalue weighted by Gasteiger charge is -2.41. The smallest absolute Gasteiger partial charge is 0.245 e. The number of benzene rings is 2. The Morgan fingerprint density at radius 1 is 0.839 bits per heavy atom. The molecule has 2 aromatic carbocycles. The number of phenols is 1. The predicted molar refractivity (Wildman–Crippen MR) is 242 cm³/mol. The standard InChI is InChI=1S/C47H75N7O8/c1-13-30(6)42(53(10)47(60)40(28(2)3)51-46(59)41(29(4)5)52(8)9)38(61-11)26-39(56)54-24-14-15-37(54)43(62-12)31(7)44(57)50-36(25-32-18-22-35(55)23-19-32)45(58)49-27-33-16-20-34(48)21-17-33/h16-23,28-31,36-38,40-43,55H,13-15,24-27,48H2,1-12H3,(H,49,58)(H,50,57)(H,51,59)/t30-,31+,36-,37-,38+,40-,41-,42-,43+/m0/s1. The second kappa shape index (κ2) is 24.2. The van der Waals surface area contributed by atoms with Crippen LogP contribution in [0.1, 0.15) is 85.3 Å². The summed E-state index contributed by atoms with van der Waals surface area (Å²) in [4.78, 5) is 75.2. The quantitative estimate of drug-likeness (QED) is 0.102. The molecule has 1 heterocycles. The molecule has 15 nitrogen and oxygen atoms in total. The number of nitrogens with two attached hydrogens (primary N) is 1. The van der Waals surface area contributed by atoms with Gasteiger partial charge in [-0.05, 0) is 80.1 Å². The summed E-state index contributed by atoms with van der Waals surface area (Å²) < 4.78 is 12.1. The molecule has 0 saturated carbocycles. The number of nitrogens with zero attached hydrogens (tertiary/aromatic N) is 3. The van der Waals surface area contributed by atoms with E-state index >= 15 is 0 Å². The molecule has 15 heteroatoms. The van der Waals surface area contributed by atoms with Crippen molar-refractivity contribution in [3.8, 4) is 5.75 Å². The Labute approximate surface area is 369 Å². The van der Waals surface area contributed by atoms with E-state index in [9.17, 15) is 29.1 Å². The van der Waals surface area contributed by atoms with Crippen LogP contribution in [0, 0.1) is 23.7 Å². The van der Waals surface area contributed by atoms with Crippen molar-refractivity contribution in [3.63, 3.8) is 0 Å². The first-order valence-electron chi connectivity index (χ1n) is 22.0. The largest absolute Gasteiger partial charge is 0.508 e. The van der Waals surface area contributed by atoms with Crippen molar-refractivity contribution in [1.82, 2.24) is 30.7 Å². The number of phenolic OH excluding ortho intramolecular Hbond substituents is 1. The number of likely N-dealkylation sites (tertiary alicyclic amines) is 1. The first-order valence-corrected chi connectivity index (χ1v) is 22.0. The van der Waals surface area contributed by atoms with Gasteiger partial charge in [0.25, 0.3) is 0 Å². The van der Waals surface area contributed by atoms with Gasteiger partial charge >= 0.3 is 0 Å². The summed E-state index contributed by atoms with van der Waals surface area (Å²) in [5.41, 5.74) is 8.01. The number of hydrogen-bond donors (Lipinski definition) is 5. The number of methoxy groups -OCH3 is 2. The Morgan fingerprint density at radius 3 is 1.98 bits per heavy atom. The molecule has 1 aliphatic rings. The maximum Gasteiger partial charge on any atom is 0.245 e. The summed E-state index contributed by atoms with van der Waals surface area (Å²) >= 11 is 0. The number of likely N-dealkylation sites (N-methyl/N-ethyl adjacent to an activating group) is 2. The third kappa shape index (κ3) is 13.9. The molecule has 1 saturated heterocycles. The van der Waals surface area contributed by atoms with Crippen LogP contribution in [0.3, 0.4) is 0 Å². The number of rotatable bonds is 23. The van der Waals surface area contributed by atoms with Gasteiger partial charge in [0.15, 0.2) is 0 Å². The monoisotopic (exact) mass is 866 g/mol. The number of ether oxygens (including phenoxy) is 2. The van der Waals surface area contributed by atoms with Crippen LogP contribution in [0.2, 0.25) is 0 Å². The molecule has 62 heavy (non-hydrogen) atoms. The van der Waals surface area contributed by atoms with Crippen LogP contribution in [0.25, 0.3) is 0 Å². The maximum atomic E-state index is 14.4. The number of anilines is 1. The number of carbonyl (C=O) groups excluding carboxylic acids is 5. The number of amides is 5. The van der Waals surface area contributed by atoms with Gasteiger partial charge in [0.05, 0.1) is 42.7 Å². The van der Waals surface area contributed by atoms with Gasteiger partial charge in [-0.25, -0.2) is 0 Å². The minimum atomic E-state index is -0.949. The van der Waals surface area contributed by atoms with E-state index in [0.29, 0.717) is 31.5 Å². The molecule has 2 aromatic rings. The number of aromatic hydroxyl groups is 1. The third-order valence-corrected chi connectivity index (χ3v) is 12.4. The molecule has 6 N–H and O–H groups in total. The lowest BCUT2D eigenvalue weighted by Crippen LogP contribution is -2.59. The van der Waals surface area contributed by atoms with Crippen LogP contribution in [0.5, 0.6) is 5.75 Å². The van der Waals surface area contributed by atoms with Gasteiger partial charge in [0, 0.05) is 46.5 Å². The van der Waals surface area contributed by atoms with E-state index in [-0.39, 0.29) is 66.5 Å². The van der Waals surface area contributed by atoms with Gasteiger partial charge in [-0.3, -0.25) is 28.9 Å². The lowest BCUT2D eigenvalue weighted by atomic mass is 9.89. The van der Waals surface area contributed by atoms with Crippen molar-refractivity contribution in [2.24, 2.45) is 23.7 Å². The van der Waals surface area contributed by atoms with Crippen LogP contribution in [-0.4, -0.2) is 134 Å². The van der Waals surface area contributed by atoms with Crippen molar-refractivity contribution in [2.45, 2.75) is 130 Å². The fourth-order valence-corrected chi connectivity index (χ4v) is 8.74. The van der Waals surface area contributed by atoms with Gasteiger partial charge in [0.1, 0.15) is 17.8 Å². The van der Waals surface area contributed by atoms with Gasteiger partial charge < -0.3 is 46.1 Å². The Balaban J connectivity index is 1.80. The first-order chi connectivity index (χ1) is 29.2. The molecule has 346 valence electrons. The molecule has 5 amide bonds. The molecule has 0 bridgehead atoms. The summed E-state index contributed by atoms with van der Waals surface area (Å²) in [6.07, 6.45) is 0.797. The molecule has 0 unspecified atom stereocenters. The number of hydrogen-bond acceptors (Lipinski definition) is 10. The van der Waals surface area contributed by atoms with Crippen molar-refractivity contribution in [2.75, 3.05) is 47.6 Å². The molecule has 3 rings (SSSR count). The van der Waals surface area contributed by atoms with E-state index < -0.39 is 54.2 Å². The molecule has 0 radical (unpaired) electrons. The highest BCUT2D eigenvalue weighted by Crippen LogP contribution is 2.30.